The lowest BCUT2D eigenvalue weighted by Gasteiger charge is -2.18. The monoisotopic (exact) mass is 482 g/mol. The van der Waals surface area contributed by atoms with Crippen molar-refractivity contribution >= 4 is 33.5 Å². The van der Waals surface area contributed by atoms with Crippen molar-refractivity contribution in [2.45, 2.75) is 65.6 Å². The number of aryl methyl sites for hydroxylation is 2. The van der Waals surface area contributed by atoms with E-state index in [9.17, 15) is 9.59 Å². The van der Waals surface area contributed by atoms with Crippen molar-refractivity contribution < 1.29 is 19.1 Å². The molecule has 1 aliphatic carbocycles. The van der Waals surface area contributed by atoms with Crippen LogP contribution in [0.15, 0.2) is 72.8 Å². The molecule has 4 nitrogen and oxygen atoms in total. The van der Waals surface area contributed by atoms with Crippen LogP contribution in [-0.2, 0) is 22.3 Å². The van der Waals surface area contributed by atoms with E-state index < -0.39 is 11.9 Å². The van der Waals surface area contributed by atoms with E-state index in [1.165, 1.54) is 47.2 Å². The Balaban J connectivity index is 0.000000169. The van der Waals surface area contributed by atoms with Crippen LogP contribution < -0.4 is 0 Å². The summed E-state index contributed by atoms with van der Waals surface area (Å²) < 4.78 is 10.2. The highest BCUT2D eigenvalue weighted by Crippen LogP contribution is 2.33. The molecule has 4 aromatic rings. The van der Waals surface area contributed by atoms with Crippen LogP contribution in [0.3, 0.4) is 0 Å². The SMILES string of the molecule is CC(C)OC(=O)c1ccccc1C(=O)OC(C)C.c1ccc2c(c1)ccc1c3c(ccc12)CCCC3. The zero-order valence-electron chi connectivity index (χ0n) is 21.5. The second-order valence-corrected chi connectivity index (χ2v) is 9.75. The number of esters is 2. The Morgan fingerprint density at radius 3 is 1.81 bits per heavy atom. The summed E-state index contributed by atoms with van der Waals surface area (Å²) in [6.07, 6.45) is 4.76. The number of rotatable bonds is 4. The number of ether oxygens (including phenoxy) is 2. The topological polar surface area (TPSA) is 52.6 Å². The molecule has 5 rings (SSSR count). The van der Waals surface area contributed by atoms with Crippen LogP contribution in [0.25, 0.3) is 21.5 Å². The first-order chi connectivity index (χ1) is 17.3. The van der Waals surface area contributed by atoms with E-state index in [2.05, 4.69) is 48.5 Å². The van der Waals surface area contributed by atoms with Gasteiger partial charge in [-0.3, -0.25) is 0 Å². The summed E-state index contributed by atoms with van der Waals surface area (Å²) >= 11 is 0. The smallest absolute Gasteiger partial charge is 0.339 e. The van der Waals surface area contributed by atoms with Crippen LogP contribution in [0.1, 0.15) is 72.4 Å². The van der Waals surface area contributed by atoms with E-state index in [0.29, 0.717) is 0 Å². The second kappa shape index (κ2) is 11.4. The minimum atomic E-state index is -0.513. The molecule has 0 amide bonds. The van der Waals surface area contributed by atoms with E-state index in [1.807, 2.05) is 0 Å². The molecule has 0 radical (unpaired) electrons. The molecule has 0 N–H and O–H groups in total. The van der Waals surface area contributed by atoms with Gasteiger partial charge in [0.15, 0.2) is 0 Å². The Bertz CT molecular complexity index is 1340. The minimum absolute atomic E-state index is 0.230. The molecule has 36 heavy (non-hydrogen) atoms. The molecule has 0 bridgehead atoms. The molecule has 0 unspecified atom stereocenters. The first-order valence-corrected chi connectivity index (χ1v) is 12.8. The zero-order valence-corrected chi connectivity index (χ0v) is 21.5. The van der Waals surface area contributed by atoms with Crippen LogP contribution in [0.5, 0.6) is 0 Å². The van der Waals surface area contributed by atoms with E-state index in [0.717, 1.165) is 0 Å². The Labute approximate surface area is 213 Å². The Hall–Kier alpha value is -3.66. The third-order valence-electron chi connectivity index (χ3n) is 6.31. The summed E-state index contributed by atoms with van der Waals surface area (Å²) in [7, 11) is 0. The van der Waals surface area contributed by atoms with Crippen LogP contribution in [-0.4, -0.2) is 24.1 Å². The average molecular weight is 483 g/mol. The molecule has 0 saturated carbocycles. The predicted octanol–water partition coefficient (Wildman–Crippen LogP) is 7.69. The molecule has 1 aliphatic rings. The standard InChI is InChI=1S/C18H16.C14H18O4/c1-3-7-15-13(5-1)9-11-18-16-8-4-2-6-14(16)10-12-17(15)18;1-9(2)17-13(15)11-7-5-6-8-12(11)14(16)18-10(3)4/h1,3,5,7,9-12H,2,4,6,8H2;5-10H,1-4H3. The van der Waals surface area contributed by atoms with Crippen molar-refractivity contribution in [3.05, 3.63) is 95.1 Å². The molecule has 0 saturated heterocycles. The van der Waals surface area contributed by atoms with Gasteiger partial charge in [0.05, 0.1) is 23.3 Å². The number of carbonyl (C=O) groups is 2. The highest BCUT2D eigenvalue weighted by molar-refractivity contribution is 6.08. The fourth-order valence-corrected chi connectivity index (χ4v) is 4.74. The van der Waals surface area contributed by atoms with Crippen molar-refractivity contribution in [2.24, 2.45) is 0 Å². The highest BCUT2D eigenvalue weighted by atomic mass is 16.5. The summed E-state index contributed by atoms with van der Waals surface area (Å²) in [6.45, 7) is 7.03. The molecular formula is C32H34O4. The van der Waals surface area contributed by atoms with Crippen LogP contribution in [0.4, 0.5) is 0 Å². The maximum Gasteiger partial charge on any atom is 0.339 e. The minimum Gasteiger partial charge on any atom is -0.459 e. The Morgan fingerprint density at radius 2 is 1.17 bits per heavy atom. The number of hydrogen-bond donors (Lipinski definition) is 0. The van der Waals surface area contributed by atoms with Gasteiger partial charge in [-0.1, -0.05) is 60.7 Å². The molecule has 186 valence electrons. The van der Waals surface area contributed by atoms with E-state index in [4.69, 9.17) is 9.47 Å². The van der Waals surface area contributed by atoms with Gasteiger partial charge in [0, 0.05) is 0 Å². The number of benzene rings is 4. The number of carbonyl (C=O) groups excluding carboxylic acids is 2. The Kier molecular flexibility index (Phi) is 8.04. The predicted molar refractivity (Wildman–Crippen MR) is 146 cm³/mol. The third-order valence-corrected chi connectivity index (χ3v) is 6.31. The molecule has 4 aromatic carbocycles. The van der Waals surface area contributed by atoms with Gasteiger partial charge in [-0.2, -0.15) is 0 Å². The summed E-state index contributed by atoms with van der Waals surface area (Å²) in [5, 5.41) is 5.64. The highest BCUT2D eigenvalue weighted by Gasteiger charge is 2.20. The van der Waals surface area contributed by atoms with Crippen molar-refractivity contribution in [2.75, 3.05) is 0 Å². The first kappa shape index (κ1) is 25.4. The van der Waals surface area contributed by atoms with Crippen LogP contribution in [0.2, 0.25) is 0 Å². The van der Waals surface area contributed by atoms with E-state index in [1.54, 1.807) is 63.1 Å². The number of hydrogen-bond acceptors (Lipinski definition) is 4. The first-order valence-electron chi connectivity index (χ1n) is 12.8. The lowest BCUT2D eigenvalue weighted by Crippen LogP contribution is -2.18. The van der Waals surface area contributed by atoms with Gasteiger partial charge >= 0.3 is 11.9 Å². The second-order valence-electron chi connectivity index (χ2n) is 9.75. The van der Waals surface area contributed by atoms with E-state index >= 15 is 0 Å². The quantitative estimate of drug-likeness (QED) is 0.221. The molecule has 0 atom stereocenters. The molecule has 4 heteroatoms. The molecular weight excluding hydrogens is 448 g/mol. The van der Waals surface area contributed by atoms with Crippen molar-refractivity contribution in [1.29, 1.82) is 0 Å². The molecule has 0 aliphatic heterocycles. The maximum absolute atomic E-state index is 11.8. The van der Waals surface area contributed by atoms with Crippen molar-refractivity contribution in [3.63, 3.8) is 0 Å². The van der Waals surface area contributed by atoms with Gasteiger partial charge in [0.1, 0.15) is 0 Å². The van der Waals surface area contributed by atoms with Crippen molar-refractivity contribution in [1.82, 2.24) is 0 Å². The Morgan fingerprint density at radius 1 is 0.611 bits per heavy atom. The maximum atomic E-state index is 11.8. The van der Waals surface area contributed by atoms with Crippen molar-refractivity contribution in [3.8, 4) is 0 Å². The summed E-state index contributed by atoms with van der Waals surface area (Å²) in [6, 6.07) is 24.4. The third kappa shape index (κ3) is 5.76. The summed E-state index contributed by atoms with van der Waals surface area (Å²) in [4.78, 5) is 23.7. The van der Waals surface area contributed by atoms with Gasteiger partial charge in [0.25, 0.3) is 0 Å². The summed E-state index contributed by atoms with van der Waals surface area (Å²) in [5.41, 5.74) is 3.64. The normalized spacial score (nSPS) is 12.7. The van der Waals surface area contributed by atoms with Crippen LogP contribution in [0, 0.1) is 0 Å². The van der Waals surface area contributed by atoms with E-state index in [-0.39, 0.29) is 23.3 Å². The lowest BCUT2D eigenvalue weighted by molar-refractivity contribution is 0.0328. The van der Waals surface area contributed by atoms with Gasteiger partial charge in [-0.25, -0.2) is 9.59 Å². The molecule has 0 aromatic heterocycles. The largest absolute Gasteiger partial charge is 0.459 e. The zero-order chi connectivity index (χ0) is 25.7. The van der Waals surface area contributed by atoms with Gasteiger partial charge in [-0.15, -0.1) is 0 Å². The van der Waals surface area contributed by atoms with Gasteiger partial charge in [-0.05, 0) is 98.2 Å². The average Bonchev–Trinajstić information content (AvgIpc) is 2.88. The van der Waals surface area contributed by atoms with Gasteiger partial charge < -0.3 is 9.47 Å². The number of fused-ring (bicyclic) bond motifs is 5. The fraction of sp³-hybridized carbons (Fsp3) is 0.312. The van der Waals surface area contributed by atoms with Crippen LogP contribution >= 0.6 is 0 Å². The fourth-order valence-electron chi connectivity index (χ4n) is 4.74. The summed E-state index contributed by atoms with van der Waals surface area (Å²) in [5.74, 6) is -1.03. The molecule has 0 fully saturated rings. The lowest BCUT2D eigenvalue weighted by atomic mass is 9.86. The molecule has 0 heterocycles. The van der Waals surface area contributed by atoms with Gasteiger partial charge in [0.2, 0.25) is 0 Å². The molecule has 0 spiro atoms.